The normalized spacial score (nSPS) is 13.1. The molecule has 1 amide bonds. The van der Waals surface area contributed by atoms with Crippen LogP contribution in [-0.4, -0.2) is 27.1 Å². The van der Waals surface area contributed by atoms with Crippen molar-refractivity contribution in [3.05, 3.63) is 64.1 Å². The number of nitrogens with zero attached hydrogens (tertiary/aromatic N) is 1. The third kappa shape index (κ3) is 5.82. The van der Waals surface area contributed by atoms with E-state index < -0.39 is 10.0 Å². The smallest absolute Gasteiger partial charge is 0.241 e. The van der Waals surface area contributed by atoms with Crippen molar-refractivity contribution >= 4 is 37.5 Å². The van der Waals surface area contributed by atoms with Crippen LogP contribution < -0.4 is 9.62 Å². The van der Waals surface area contributed by atoms with Gasteiger partial charge in [-0.1, -0.05) is 57.2 Å². The van der Waals surface area contributed by atoms with E-state index in [2.05, 4.69) is 54.2 Å². The van der Waals surface area contributed by atoms with Crippen molar-refractivity contribution in [3.63, 3.8) is 0 Å². The van der Waals surface area contributed by atoms with Crippen molar-refractivity contribution in [2.24, 2.45) is 0 Å². The van der Waals surface area contributed by atoms with Gasteiger partial charge in [0.15, 0.2) is 0 Å². The van der Waals surface area contributed by atoms with Crippen LogP contribution in [0.3, 0.4) is 0 Å². The molecule has 2 rings (SSSR count). The van der Waals surface area contributed by atoms with E-state index >= 15 is 0 Å². The number of para-hydroxylation sites is 1. The van der Waals surface area contributed by atoms with Crippen molar-refractivity contribution in [1.29, 1.82) is 0 Å². The topological polar surface area (TPSA) is 66.5 Å². The highest BCUT2D eigenvalue weighted by Gasteiger charge is 2.23. The van der Waals surface area contributed by atoms with Gasteiger partial charge < -0.3 is 5.32 Å². The highest BCUT2D eigenvalue weighted by molar-refractivity contribution is 9.10. The average molecular weight is 467 g/mol. The summed E-state index contributed by atoms with van der Waals surface area (Å²) in [7, 11) is -3.62. The fourth-order valence-electron chi connectivity index (χ4n) is 2.81. The Kier molecular flexibility index (Phi) is 6.93. The molecule has 0 aliphatic heterocycles. The predicted octanol–water partition coefficient (Wildman–Crippen LogP) is 4.39. The Bertz CT molecular complexity index is 935. The molecule has 0 radical (unpaired) electrons. The average Bonchev–Trinajstić information content (AvgIpc) is 2.59. The zero-order valence-electron chi connectivity index (χ0n) is 16.9. The first kappa shape index (κ1) is 22.4. The Morgan fingerprint density at radius 3 is 2.18 bits per heavy atom. The van der Waals surface area contributed by atoms with E-state index in [1.807, 2.05) is 19.1 Å². The van der Waals surface area contributed by atoms with Crippen molar-refractivity contribution in [3.8, 4) is 0 Å². The summed E-state index contributed by atoms with van der Waals surface area (Å²) in [6.07, 6.45) is 1.09. The number of sulfonamides is 1. The number of benzene rings is 2. The first-order valence-electron chi connectivity index (χ1n) is 9.01. The molecule has 0 heterocycles. The number of nitrogens with one attached hydrogen (secondary N) is 1. The van der Waals surface area contributed by atoms with Crippen LogP contribution >= 0.6 is 15.9 Å². The maximum Gasteiger partial charge on any atom is 0.241 e. The summed E-state index contributed by atoms with van der Waals surface area (Å²) in [5, 5.41) is 2.89. The molecule has 2 aromatic carbocycles. The van der Waals surface area contributed by atoms with E-state index in [9.17, 15) is 13.2 Å². The highest BCUT2D eigenvalue weighted by Crippen LogP contribution is 2.28. The molecule has 0 saturated heterocycles. The number of carbonyl (C=O) groups is 1. The molecular formula is C21H27BrN2O3S. The molecule has 0 saturated carbocycles. The fourth-order valence-corrected chi connectivity index (χ4v) is 4.29. The number of carbonyl (C=O) groups excluding carboxylic acids is 1. The van der Waals surface area contributed by atoms with Crippen LogP contribution in [0.5, 0.6) is 0 Å². The second kappa shape index (κ2) is 8.66. The van der Waals surface area contributed by atoms with Gasteiger partial charge in [0.1, 0.15) is 6.54 Å². The van der Waals surface area contributed by atoms with Crippen LogP contribution in [0.25, 0.3) is 0 Å². The second-order valence-corrected chi connectivity index (χ2v) is 10.6. The van der Waals surface area contributed by atoms with E-state index in [1.165, 1.54) is 5.56 Å². The lowest BCUT2D eigenvalue weighted by atomic mass is 9.86. The van der Waals surface area contributed by atoms with Crippen LogP contribution in [0.2, 0.25) is 0 Å². The SMILES string of the molecule is C[C@H](NC(=O)CN(c1ccccc1Br)S(C)(=O)=O)c1ccc(C(C)(C)C)cc1. The van der Waals surface area contributed by atoms with E-state index in [0.29, 0.717) is 10.2 Å². The summed E-state index contributed by atoms with van der Waals surface area (Å²) >= 11 is 3.35. The van der Waals surface area contributed by atoms with Crippen molar-refractivity contribution in [1.82, 2.24) is 5.32 Å². The van der Waals surface area contributed by atoms with Gasteiger partial charge in [-0.05, 0) is 51.5 Å². The summed E-state index contributed by atoms with van der Waals surface area (Å²) < 4.78 is 26.2. The molecule has 0 bridgehead atoms. The van der Waals surface area contributed by atoms with Crippen molar-refractivity contribution in [2.45, 2.75) is 39.2 Å². The van der Waals surface area contributed by atoms with Crippen LogP contribution in [0.1, 0.15) is 44.9 Å². The minimum atomic E-state index is -3.62. The van der Waals surface area contributed by atoms with Crippen LogP contribution in [0, 0.1) is 0 Å². The van der Waals surface area contributed by atoms with Gasteiger partial charge in [0.05, 0.1) is 18.0 Å². The van der Waals surface area contributed by atoms with Gasteiger partial charge in [-0.25, -0.2) is 8.42 Å². The highest BCUT2D eigenvalue weighted by atomic mass is 79.9. The molecule has 2 aromatic rings. The van der Waals surface area contributed by atoms with Crippen LogP contribution in [-0.2, 0) is 20.2 Å². The molecule has 152 valence electrons. The monoisotopic (exact) mass is 466 g/mol. The molecular weight excluding hydrogens is 440 g/mol. The molecule has 0 fully saturated rings. The minimum Gasteiger partial charge on any atom is -0.348 e. The van der Waals surface area contributed by atoms with Gasteiger partial charge in [-0.3, -0.25) is 9.10 Å². The summed E-state index contributed by atoms with van der Waals surface area (Å²) in [5.41, 5.74) is 2.67. The van der Waals surface area contributed by atoms with Crippen LogP contribution in [0.15, 0.2) is 53.0 Å². The number of rotatable bonds is 6. The summed E-state index contributed by atoms with van der Waals surface area (Å²) in [4.78, 5) is 12.6. The number of hydrogen-bond donors (Lipinski definition) is 1. The van der Waals surface area contributed by atoms with Crippen LogP contribution in [0.4, 0.5) is 5.69 Å². The first-order valence-corrected chi connectivity index (χ1v) is 11.7. The zero-order valence-corrected chi connectivity index (χ0v) is 19.3. The lowest BCUT2D eigenvalue weighted by Gasteiger charge is -2.24. The minimum absolute atomic E-state index is 0.0596. The number of hydrogen-bond acceptors (Lipinski definition) is 3. The molecule has 0 aromatic heterocycles. The molecule has 0 spiro atoms. The molecule has 5 nitrogen and oxygen atoms in total. The number of amides is 1. The van der Waals surface area contributed by atoms with E-state index in [-0.39, 0.29) is 23.9 Å². The lowest BCUT2D eigenvalue weighted by Crippen LogP contribution is -2.41. The molecule has 1 atom stereocenters. The summed E-state index contributed by atoms with van der Waals surface area (Å²) in [6, 6.07) is 14.8. The third-order valence-corrected chi connectivity index (χ3v) is 6.26. The Balaban J connectivity index is 2.13. The fraction of sp³-hybridized carbons (Fsp3) is 0.381. The third-order valence-electron chi connectivity index (χ3n) is 4.46. The quantitative estimate of drug-likeness (QED) is 0.686. The van der Waals surface area contributed by atoms with E-state index in [4.69, 9.17) is 0 Å². The molecule has 1 N–H and O–H groups in total. The summed E-state index contributed by atoms with van der Waals surface area (Å²) in [6.45, 7) is 8.04. The predicted molar refractivity (Wildman–Crippen MR) is 118 cm³/mol. The Hall–Kier alpha value is -1.86. The molecule has 0 unspecified atom stereocenters. The van der Waals surface area contributed by atoms with Gasteiger partial charge in [0, 0.05) is 4.47 Å². The van der Waals surface area contributed by atoms with E-state index in [1.54, 1.807) is 24.3 Å². The zero-order chi connectivity index (χ0) is 21.1. The maximum absolute atomic E-state index is 12.6. The van der Waals surface area contributed by atoms with Gasteiger partial charge in [-0.15, -0.1) is 0 Å². The van der Waals surface area contributed by atoms with Gasteiger partial charge in [-0.2, -0.15) is 0 Å². The largest absolute Gasteiger partial charge is 0.348 e. The first-order chi connectivity index (χ1) is 12.9. The number of halogens is 1. The lowest BCUT2D eigenvalue weighted by molar-refractivity contribution is -0.120. The second-order valence-electron chi connectivity index (χ2n) is 7.88. The molecule has 7 heteroatoms. The standard InChI is InChI=1S/C21H27BrN2O3S/c1-15(16-10-12-17(13-11-16)21(2,3)4)23-20(25)14-24(28(5,26)27)19-9-7-6-8-18(19)22/h6-13,15H,14H2,1-5H3,(H,23,25)/t15-/m0/s1. The van der Waals surface area contributed by atoms with Gasteiger partial charge >= 0.3 is 0 Å². The molecule has 0 aliphatic carbocycles. The number of anilines is 1. The maximum atomic E-state index is 12.6. The van der Waals surface area contributed by atoms with Gasteiger partial charge in [0.2, 0.25) is 15.9 Å². The Morgan fingerprint density at radius 1 is 1.11 bits per heavy atom. The summed E-state index contributed by atoms with van der Waals surface area (Å²) in [5.74, 6) is -0.367. The van der Waals surface area contributed by atoms with Crippen molar-refractivity contribution in [2.75, 3.05) is 17.1 Å². The Morgan fingerprint density at radius 2 is 1.68 bits per heavy atom. The van der Waals surface area contributed by atoms with Crippen molar-refractivity contribution < 1.29 is 13.2 Å². The molecule has 28 heavy (non-hydrogen) atoms. The van der Waals surface area contributed by atoms with E-state index in [0.717, 1.165) is 16.1 Å². The molecule has 0 aliphatic rings. The Labute approximate surface area is 176 Å². The van der Waals surface area contributed by atoms with Gasteiger partial charge in [0.25, 0.3) is 0 Å².